The monoisotopic (exact) mass is 487 g/mol. The van der Waals surface area contributed by atoms with Crippen molar-refractivity contribution in [3.8, 4) is 0 Å². The highest BCUT2D eigenvalue weighted by atomic mass is 35.5. The molecule has 0 aliphatic heterocycles. The lowest BCUT2D eigenvalue weighted by atomic mass is 9.84. The lowest BCUT2D eigenvalue weighted by Crippen LogP contribution is -2.21. The molecule has 0 spiro atoms. The Morgan fingerprint density at radius 2 is 1.49 bits per heavy atom. The van der Waals surface area contributed by atoms with E-state index in [1.165, 1.54) is 12.7 Å². The predicted octanol–water partition coefficient (Wildman–Crippen LogP) is 7.19. The van der Waals surface area contributed by atoms with Gasteiger partial charge in [-0.3, -0.25) is 4.79 Å². The van der Waals surface area contributed by atoms with Gasteiger partial charge in [0.1, 0.15) is 0 Å². The molecule has 4 rings (SSSR count). The molecule has 1 heterocycles. The molecule has 1 N–H and O–H groups in total. The first kappa shape index (κ1) is 24.7. The standard InChI is InChI=1S/C30H30ClNO3/c1-30(2,3)24-11-7-20(8-12-24)16-23(15-19-5-9-21(10-6-19)29(34)35-4)28(33)27-18-22-17-25(31)13-14-26(22)32-27/h5-14,17-18,23,32H,15-16H2,1-4H3/t23-/m1/s1. The van der Waals surface area contributed by atoms with Gasteiger partial charge < -0.3 is 9.72 Å². The van der Waals surface area contributed by atoms with Crippen LogP contribution in [0, 0.1) is 5.92 Å². The number of aromatic amines is 1. The van der Waals surface area contributed by atoms with E-state index in [1.54, 1.807) is 12.1 Å². The summed E-state index contributed by atoms with van der Waals surface area (Å²) in [7, 11) is 1.36. The van der Waals surface area contributed by atoms with Crippen LogP contribution < -0.4 is 0 Å². The maximum Gasteiger partial charge on any atom is 0.337 e. The molecule has 0 amide bonds. The fourth-order valence-corrected chi connectivity index (χ4v) is 4.50. The smallest absolute Gasteiger partial charge is 0.337 e. The molecule has 0 bridgehead atoms. The van der Waals surface area contributed by atoms with Crippen LogP contribution >= 0.6 is 11.6 Å². The lowest BCUT2D eigenvalue weighted by Gasteiger charge is -2.20. The van der Waals surface area contributed by atoms with Gasteiger partial charge >= 0.3 is 5.97 Å². The molecule has 0 aliphatic rings. The quantitative estimate of drug-likeness (QED) is 0.221. The van der Waals surface area contributed by atoms with E-state index in [-0.39, 0.29) is 23.1 Å². The highest BCUT2D eigenvalue weighted by molar-refractivity contribution is 6.31. The Bertz CT molecular complexity index is 1350. The van der Waals surface area contributed by atoms with Crippen molar-refractivity contribution < 1.29 is 14.3 Å². The molecule has 3 aromatic carbocycles. The number of aromatic nitrogens is 1. The number of hydrogen-bond acceptors (Lipinski definition) is 3. The minimum atomic E-state index is -0.375. The predicted molar refractivity (Wildman–Crippen MR) is 141 cm³/mol. The molecule has 5 heteroatoms. The average Bonchev–Trinajstić information content (AvgIpc) is 3.26. The molecule has 0 aliphatic carbocycles. The second-order valence-corrected chi connectivity index (χ2v) is 10.5. The number of Topliss-reactive ketones (excluding diaryl/α,β-unsaturated/α-hetero) is 1. The fourth-order valence-electron chi connectivity index (χ4n) is 4.32. The summed E-state index contributed by atoms with van der Waals surface area (Å²) in [6, 6.07) is 23.2. The Morgan fingerprint density at radius 1 is 0.886 bits per heavy atom. The second-order valence-electron chi connectivity index (χ2n) is 10.0. The van der Waals surface area contributed by atoms with E-state index in [4.69, 9.17) is 16.3 Å². The molecule has 0 saturated carbocycles. The molecular weight excluding hydrogens is 458 g/mol. The molecule has 180 valence electrons. The number of nitrogens with one attached hydrogen (secondary N) is 1. The molecule has 1 atom stereocenters. The Kier molecular flexibility index (Phi) is 7.13. The van der Waals surface area contributed by atoms with Gasteiger partial charge in [0.05, 0.1) is 18.4 Å². The van der Waals surface area contributed by atoms with Crippen molar-refractivity contribution >= 4 is 34.3 Å². The average molecular weight is 488 g/mol. The largest absolute Gasteiger partial charge is 0.465 e. The normalized spacial score (nSPS) is 12.5. The zero-order chi connectivity index (χ0) is 25.2. The van der Waals surface area contributed by atoms with Crippen LogP contribution in [0.15, 0.2) is 72.8 Å². The van der Waals surface area contributed by atoms with E-state index in [2.05, 4.69) is 50.0 Å². The van der Waals surface area contributed by atoms with Crippen LogP contribution in [0.2, 0.25) is 5.02 Å². The van der Waals surface area contributed by atoms with Crippen molar-refractivity contribution in [2.45, 2.75) is 39.0 Å². The van der Waals surface area contributed by atoms with Gasteiger partial charge in [-0.05, 0) is 71.3 Å². The maximum atomic E-state index is 13.7. The first-order valence-corrected chi connectivity index (χ1v) is 12.1. The number of benzene rings is 3. The van der Waals surface area contributed by atoms with Crippen LogP contribution in [-0.4, -0.2) is 23.8 Å². The number of carbonyl (C=O) groups is 2. The Balaban J connectivity index is 1.63. The SMILES string of the molecule is COC(=O)c1ccc(C[C@H](Cc2ccc(C(C)(C)C)cc2)C(=O)c2cc3cc(Cl)ccc3[nH]2)cc1. The molecule has 1 aromatic heterocycles. The molecule has 0 saturated heterocycles. The van der Waals surface area contributed by atoms with E-state index in [0.29, 0.717) is 29.1 Å². The Hall–Kier alpha value is -3.37. The number of ketones is 1. The third-order valence-electron chi connectivity index (χ3n) is 6.38. The zero-order valence-electron chi connectivity index (χ0n) is 20.5. The number of methoxy groups -OCH3 is 1. The molecule has 0 unspecified atom stereocenters. The summed E-state index contributed by atoms with van der Waals surface area (Å²) < 4.78 is 4.80. The molecule has 4 aromatic rings. The number of rotatable bonds is 7. The van der Waals surface area contributed by atoms with E-state index in [9.17, 15) is 9.59 Å². The van der Waals surface area contributed by atoms with Crippen LogP contribution in [0.25, 0.3) is 10.9 Å². The third kappa shape index (κ3) is 5.83. The summed E-state index contributed by atoms with van der Waals surface area (Å²) in [5.41, 5.74) is 5.38. The van der Waals surface area contributed by atoms with Crippen molar-refractivity contribution in [2.75, 3.05) is 7.11 Å². The van der Waals surface area contributed by atoms with E-state index < -0.39 is 0 Å². The molecule has 4 nitrogen and oxygen atoms in total. The van der Waals surface area contributed by atoms with Gasteiger partial charge in [0.15, 0.2) is 5.78 Å². The summed E-state index contributed by atoms with van der Waals surface area (Å²) in [4.78, 5) is 28.8. The number of carbonyl (C=O) groups excluding carboxylic acids is 2. The molecule has 0 radical (unpaired) electrons. The van der Waals surface area contributed by atoms with Crippen molar-refractivity contribution in [3.05, 3.63) is 106 Å². The van der Waals surface area contributed by atoms with Crippen molar-refractivity contribution in [2.24, 2.45) is 5.92 Å². The van der Waals surface area contributed by atoms with Gasteiger partial charge in [0.25, 0.3) is 0 Å². The molecular formula is C30H30ClNO3. The van der Waals surface area contributed by atoms with Crippen LogP contribution in [0.1, 0.15) is 58.3 Å². The van der Waals surface area contributed by atoms with Crippen LogP contribution in [0.3, 0.4) is 0 Å². The fraction of sp³-hybridized carbons (Fsp3) is 0.267. The van der Waals surface area contributed by atoms with Gasteiger partial charge in [0, 0.05) is 21.8 Å². The second kappa shape index (κ2) is 10.1. The van der Waals surface area contributed by atoms with Crippen molar-refractivity contribution in [1.29, 1.82) is 0 Å². The first-order valence-electron chi connectivity index (χ1n) is 11.7. The van der Waals surface area contributed by atoms with Crippen LogP contribution in [-0.2, 0) is 23.0 Å². The van der Waals surface area contributed by atoms with Gasteiger partial charge in [-0.25, -0.2) is 4.79 Å². The lowest BCUT2D eigenvalue weighted by molar-refractivity contribution is 0.0600. The van der Waals surface area contributed by atoms with Gasteiger partial charge in [-0.2, -0.15) is 0 Å². The number of esters is 1. The van der Waals surface area contributed by atoms with Crippen molar-refractivity contribution in [1.82, 2.24) is 4.98 Å². The topological polar surface area (TPSA) is 59.2 Å². The summed E-state index contributed by atoms with van der Waals surface area (Å²) in [6.07, 6.45) is 1.16. The summed E-state index contributed by atoms with van der Waals surface area (Å²) in [5, 5.41) is 1.55. The Labute approximate surface area is 211 Å². The van der Waals surface area contributed by atoms with Crippen LogP contribution in [0.5, 0.6) is 0 Å². The zero-order valence-corrected chi connectivity index (χ0v) is 21.3. The van der Waals surface area contributed by atoms with E-state index in [1.807, 2.05) is 36.4 Å². The number of halogens is 1. The van der Waals surface area contributed by atoms with E-state index in [0.717, 1.165) is 22.0 Å². The highest BCUT2D eigenvalue weighted by Crippen LogP contribution is 2.26. The number of hydrogen-bond donors (Lipinski definition) is 1. The third-order valence-corrected chi connectivity index (χ3v) is 6.61. The van der Waals surface area contributed by atoms with Crippen molar-refractivity contribution in [3.63, 3.8) is 0 Å². The first-order chi connectivity index (χ1) is 16.6. The Morgan fingerprint density at radius 3 is 2.06 bits per heavy atom. The summed E-state index contributed by atoms with van der Waals surface area (Å²) in [6.45, 7) is 6.57. The number of fused-ring (bicyclic) bond motifs is 1. The minimum absolute atomic E-state index is 0.0502. The van der Waals surface area contributed by atoms with Gasteiger partial charge in [-0.1, -0.05) is 68.8 Å². The van der Waals surface area contributed by atoms with Crippen LogP contribution in [0.4, 0.5) is 0 Å². The summed E-state index contributed by atoms with van der Waals surface area (Å²) in [5.74, 6) is -0.600. The minimum Gasteiger partial charge on any atom is -0.465 e. The molecule has 35 heavy (non-hydrogen) atoms. The molecule has 0 fully saturated rings. The number of ether oxygens (including phenoxy) is 1. The van der Waals surface area contributed by atoms with Gasteiger partial charge in [0.2, 0.25) is 0 Å². The van der Waals surface area contributed by atoms with Gasteiger partial charge in [-0.15, -0.1) is 0 Å². The highest BCUT2D eigenvalue weighted by Gasteiger charge is 2.24. The van der Waals surface area contributed by atoms with E-state index >= 15 is 0 Å². The number of H-pyrrole nitrogens is 1. The maximum absolute atomic E-state index is 13.7. The summed E-state index contributed by atoms with van der Waals surface area (Å²) >= 11 is 6.14.